The Morgan fingerprint density at radius 3 is 2.31 bits per heavy atom. The van der Waals surface area contributed by atoms with Crippen LogP contribution in [-0.2, 0) is 42.8 Å². The summed E-state index contributed by atoms with van der Waals surface area (Å²) in [4.78, 5) is 66.1. The van der Waals surface area contributed by atoms with Crippen molar-refractivity contribution >= 4 is 63.7 Å². The minimum absolute atomic E-state index is 0.231. The summed E-state index contributed by atoms with van der Waals surface area (Å²) in [5.41, 5.74) is -5.38. The molecular weight excluding hydrogens is 1080 g/mol. The molecule has 2 fully saturated rings. The zero-order valence-electron chi connectivity index (χ0n) is 42.7. The van der Waals surface area contributed by atoms with Crippen LogP contribution in [0.1, 0.15) is 81.8 Å². The van der Waals surface area contributed by atoms with E-state index in [1.807, 2.05) is 31.2 Å². The molecule has 0 saturated carbocycles. The maximum absolute atomic E-state index is 15.9. The molecule has 3 aromatic carbocycles. The lowest BCUT2D eigenvalue weighted by Crippen LogP contribution is -2.58. The zero-order chi connectivity index (χ0) is 57.2. The van der Waals surface area contributed by atoms with E-state index in [1.54, 1.807) is 26.3 Å². The lowest BCUT2D eigenvalue weighted by Gasteiger charge is -2.35. The molecule has 4 amide bonds. The molecule has 3 atom stereocenters. The Balaban J connectivity index is 0.921. The first kappa shape index (κ1) is 58.5. The van der Waals surface area contributed by atoms with Crippen LogP contribution < -0.4 is 25.2 Å². The van der Waals surface area contributed by atoms with E-state index in [4.69, 9.17) is 27.0 Å². The molecule has 0 bridgehead atoms. The van der Waals surface area contributed by atoms with E-state index in [1.165, 1.54) is 36.2 Å². The summed E-state index contributed by atoms with van der Waals surface area (Å²) in [7, 11) is 0. The summed E-state index contributed by atoms with van der Waals surface area (Å²) in [5, 5.41) is 14.1. The number of nitrogens with zero attached hydrogens (tertiary/aromatic N) is 6. The Hall–Kier alpha value is -7.17. The Bertz CT molecular complexity index is 3160. The van der Waals surface area contributed by atoms with Crippen molar-refractivity contribution in [3.05, 3.63) is 112 Å². The molecule has 7 rings (SSSR count). The predicted octanol–water partition coefficient (Wildman–Crippen LogP) is 10.2. The number of pyridine rings is 1. The molecule has 1 unspecified atom stereocenters. The number of aromatic nitrogens is 2. The third-order valence-corrected chi connectivity index (χ3v) is 14.3. The molecule has 4 heterocycles. The second-order valence-electron chi connectivity index (χ2n) is 20.0. The highest BCUT2D eigenvalue weighted by atomic mass is 32.1. The number of thiocarbonyl (C=S) groups is 1. The number of rotatable bonds is 17. The van der Waals surface area contributed by atoms with Gasteiger partial charge in [0.1, 0.15) is 47.4 Å². The Labute approximate surface area is 451 Å². The van der Waals surface area contributed by atoms with Crippen molar-refractivity contribution in [2.24, 2.45) is 5.41 Å². The number of carbonyl (C=O) groups is 4. The van der Waals surface area contributed by atoms with Crippen molar-refractivity contribution in [1.29, 1.82) is 5.26 Å². The molecule has 2 N–H and O–H groups in total. The number of nitriles is 1. The van der Waals surface area contributed by atoms with Crippen molar-refractivity contribution in [2.75, 3.05) is 36.2 Å². The van der Waals surface area contributed by atoms with Crippen molar-refractivity contribution in [1.82, 2.24) is 25.5 Å². The van der Waals surface area contributed by atoms with Crippen molar-refractivity contribution in [3.8, 4) is 33.5 Å². The van der Waals surface area contributed by atoms with E-state index in [0.29, 0.717) is 35.9 Å². The molecular formula is C53H51F9N8O6S2. The van der Waals surface area contributed by atoms with Crippen LogP contribution in [-0.4, -0.2) is 93.8 Å². The van der Waals surface area contributed by atoms with E-state index < -0.39 is 136 Å². The molecule has 2 aliphatic heterocycles. The quantitative estimate of drug-likeness (QED) is 0.0671. The highest BCUT2D eigenvalue weighted by molar-refractivity contribution is 7.81. The number of alkyl halides is 7. The lowest BCUT2D eigenvalue weighted by molar-refractivity contribution is -0.144. The lowest BCUT2D eigenvalue weighted by atomic mass is 9.85. The molecule has 25 heteroatoms. The Morgan fingerprint density at radius 2 is 1.69 bits per heavy atom. The van der Waals surface area contributed by atoms with Crippen molar-refractivity contribution < 1.29 is 68.2 Å². The van der Waals surface area contributed by atoms with Gasteiger partial charge in [0.25, 0.3) is 5.91 Å². The van der Waals surface area contributed by atoms with Gasteiger partial charge < -0.3 is 29.9 Å². The number of anilines is 2. The molecule has 2 aliphatic rings. The summed E-state index contributed by atoms with van der Waals surface area (Å²) in [6, 6.07) is 11.6. The van der Waals surface area contributed by atoms with Gasteiger partial charge in [-0.05, 0) is 92.7 Å². The van der Waals surface area contributed by atoms with E-state index in [-0.39, 0.29) is 30.4 Å². The summed E-state index contributed by atoms with van der Waals surface area (Å²) >= 11 is 6.90. The number of benzene rings is 3. The summed E-state index contributed by atoms with van der Waals surface area (Å²) in [6.07, 6.45) is -10.8. The highest BCUT2D eigenvalue weighted by Crippen LogP contribution is 2.44. The average molecular weight is 1130 g/mol. The predicted molar refractivity (Wildman–Crippen MR) is 273 cm³/mol. The van der Waals surface area contributed by atoms with Gasteiger partial charge in [0.05, 0.1) is 64.1 Å². The van der Waals surface area contributed by atoms with Gasteiger partial charge in [-0.3, -0.25) is 29.1 Å². The SMILES string of the molecule is Cc1ncsc1-c1ccc(CNC(=O)[C@@H]2CCCN2C(=O)[C@@H](NC(=O)COCC(F)CCOc2ccc(-c3ncc(N4C(=S)N(c5ccc(C#N)c(C(F)(F)F)c5F)C(=O)C4(C)C)cc3F)c(C(F)(F)F)c2)C(C)(C)C)cc1. The molecule has 2 aromatic heterocycles. The summed E-state index contributed by atoms with van der Waals surface area (Å²) < 4.78 is 142. The fourth-order valence-corrected chi connectivity index (χ4v) is 10.3. The topological polar surface area (TPSA) is 170 Å². The van der Waals surface area contributed by atoms with Crippen LogP contribution in [0.25, 0.3) is 21.7 Å². The maximum Gasteiger partial charge on any atom is 0.420 e. The van der Waals surface area contributed by atoms with E-state index in [2.05, 4.69) is 20.6 Å². The molecule has 0 spiro atoms. The number of amides is 4. The zero-order valence-corrected chi connectivity index (χ0v) is 44.3. The number of ether oxygens (including phenoxy) is 2. The second kappa shape index (κ2) is 23.0. The number of likely N-dealkylation sites (tertiary alicyclic amines) is 1. The first-order chi connectivity index (χ1) is 36.5. The monoisotopic (exact) mass is 1130 g/mol. The van der Waals surface area contributed by atoms with Gasteiger partial charge in [-0.15, -0.1) is 11.3 Å². The van der Waals surface area contributed by atoms with Crippen LogP contribution in [0.15, 0.2) is 72.4 Å². The van der Waals surface area contributed by atoms with Crippen LogP contribution in [0.5, 0.6) is 5.75 Å². The minimum atomic E-state index is -5.35. The summed E-state index contributed by atoms with van der Waals surface area (Å²) in [6.45, 7) is 8.36. The summed E-state index contributed by atoms with van der Waals surface area (Å²) in [5.74, 6) is -6.34. The standard InChI is InChI=1S/C53H51F9N8O6S2/c1-28-44(78-27-66-28)30-11-9-29(10-12-30)23-65-46(72)39-8-7-18-68(39)47(73)45(50(2,3)4)67-40(71)26-75-25-32(54)17-19-76-34-14-15-35(36(21-34)52(57,58)59)43-37(55)20-33(24-64-43)70-49(77)69(48(74)51(70,5)6)38-16-13-31(22-63)41(42(38)56)53(60,61)62/h9-16,20-21,24,27,32,39,45H,7-8,17-19,23,25-26H2,1-6H3,(H,65,72)(H,67,71)/t32?,39-,45+/m0/s1. The number of hydrogen-bond donors (Lipinski definition) is 2. The van der Waals surface area contributed by atoms with Crippen LogP contribution >= 0.6 is 23.6 Å². The Kier molecular flexibility index (Phi) is 17.3. The van der Waals surface area contributed by atoms with E-state index in [9.17, 15) is 45.5 Å². The first-order valence-corrected chi connectivity index (χ1v) is 25.4. The Morgan fingerprint density at radius 1 is 0.987 bits per heavy atom. The number of carbonyl (C=O) groups excluding carboxylic acids is 4. The third kappa shape index (κ3) is 12.6. The molecule has 14 nitrogen and oxygen atoms in total. The molecule has 78 heavy (non-hydrogen) atoms. The highest BCUT2D eigenvalue weighted by Gasteiger charge is 2.52. The number of halogens is 9. The number of nitrogens with one attached hydrogen (secondary N) is 2. The number of hydrogen-bond acceptors (Lipinski definition) is 11. The first-order valence-electron chi connectivity index (χ1n) is 24.1. The van der Waals surface area contributed by atoms with Crippen LogP contribution in [0.4, 0.5) is 50.9 Å². The largest absolute Gasteiger partial charge is 0.493 e. The van der Waals surface area contributed by atoms with Crippen LogP contribution in [0.2, 0.25) is 0 Å². The maximum atomic E-state index is 15.9. The molecule has 0 aliphatic carbocycles. The van der Waals surface area contributed by atoms with Crippen molar-refractivity contribution in [3.63, 3.8) is 0 Å². The van der Waals surface area contributed by atoms with Gasteiger partial charge >= 0.3 is 12.4 Å². The molecule has 5 aromatic rings. The second-order valence-corrected chi connectivity index (χ2v) is 21.2. The fourth-order valence-electron chi connectivity index (χ4n) is 9.00. The van der Waals surface area contributed by atoms with Gasteiger partial charge in [-0.2, -0.15) is 31.6 Å². The van der Waals surface area contributed by atoms with Crippen LogP contribution in [0.3, 0.4) is 0 Å². The van der Waals surface area contributed by atoms with Gasteiger partial charge in [-0.1, -0.05) is 45.0 Å². The number of thiazole rings is 1. The molecule has 414 valence electrons. The van der Waals surface area contributed by atoms with E-state index in [0.717, 1.165) is 51.0 Å². The van der Waals surface area contributed by atoms with Gasteiger partial charge in [0.15, 0.2) is 16.7 Å². The fraction of sp³-hybridized carbons (Fsp3) is 0.396. The van der Waals surface area contributed by atoms with Gasteiger partial charge in [0, 0.05) is 31.1 Å². The van der Waals surface area contributed by atoms with Crippen LogP contribution in [0, 0.1) is 35.3 Å². The minimum Gasteiger partial charge on any atom is -0.493 e. The van der Waals surface area contributed by atoms with Crippen molar-refractivity contribution in [2.45, 2.75) is 103 Å². The number of aryl methyl sites for hydroxylation is 1. The van der Waals surface area contributed by atoms with Gasteiger partial charge in [0.2, 0.25) is 17.7 Å². The smallest absolute Gasteiger partial charge is 0.420 e. The third-order valence-electron chi connectivity index (χ3n) is 13.0. The van der Waals surface area contributed by atoms with E-state index >= 15 is 13.2 Å². The molecule has 2 saturated heterocycles. The normalized spacial score (nSPS) is 16.5. The molecule has 0 radical (unpaired) electrons. The average Bonchev–Trinajstić information content (AvgIpc) is 4.17. The van der Waals surface area contributed by atoms with Gasteiger partial charge in [-0.25, -0.2) is 18.2 Å².